The van der Waals surface area contributed by atoms with E-state index < -0.39 is 28.0 Å². The molecule has 2 aliphatic rings. The average molecular weight is 499 g/mol. The molecule has 0 radical (unpaired) electrons. The number of piperidine rings is 1. The van der Waals surface area contributed by atoms with Crippen molar-refractivity contribution < 1.29 is 27.5 Å². The number of amides is 1. The van der Waals surface area contributed by atoms with E-state index in [2.05, 4.69) is 0 Å². The van der Waals surface area contributed by atoms with Crippen molar-refractivity contribution in [1.82, 2.24) is 4.31 Å². The Kier molecular flexibility index (Phi) is 7.10. The molecular formula is C26H30N2O6S. The molecule has 2 aliphatic heterocycles. The number of aryl methyl sites for hydroxylation is 1. The quantitative estimate of drug-likeness (QED) is 0.448. The molecule has 0 unspecified atom stereocenters. The van der Waals surface area contributed by atoms with Gasteiger partial charge in [0.2, 0.25) is 21.7 Å². The van der Waals surface area contributed by atoms with Gasteiger partial charge in [-0.2, -0.15) is 4.31 Å². The van der Waals surface area contributed by atoms with Gasteiger partial charge in [-0.3, -0.25) is 14.4 Å². The SMILES string of the molecule is CC(=O)N1CCc2cc(C(=O)[C@@H](C)OC(=O)C3CCN(S(=O)(=O)c4ccc(C)cc4)CC3)ccc21. The third-order valence-corrected chi connectivity index (χ3v) is 8.66. The van der Waals surface area contributed by atoms with Crippen molar-refractivity contribution >= 4 is 33.4 Å². The number of hydrogen-bond acceptors (Lipinski definition) is 6. The second-order valence-electron chi connectivity index (χ2n) is 9.20. The maximum absolute atomic E-state index is 12.9. The number of ketones is 1. The first-order valence-corrected chi connectivity index (χ1v) is 13.2. The van der Waals surface area contributed by atoms with E-state index in [0.29, 0.717) is 31.4 Å². The van der Waals surface area contributed by atoms with E-state index in [9.17, 15) is 22.8 Å². The number of Topliss-reactive ketones (excluding diaryl/α,β-unsaturated/α-hetero) is 1. The van der Waals surface area contributed by atoms with Crippen molar-refractivity contribution in [2.75, 3.05) is 24.5 Å². The molecule has 4 rings (SSSR count). The zero-order valence-electron chi connectivity index (χ0n) is 20.2. The highest BCUT2D eigenvalue weighted by atomic mass is 32.2. The molecule has 9 heteroatoms. The fourth-order valence-electron chi connectivity index (χ4n) is 4.63. The minimum atomic E-state index is -3.61. The molecular weight excluding hydrogens is 468 g/mol. The van der Waals surface area contributed by atoms with Crippen LogP contribution in [0.15, 0.2) is 47.4 Å². The number of rotatable bonds is 6. The average Bonchev–Trinajstić information content (AvgIpc) is 3.27. The molecule has 2 aromatic carbocycles. The molecule has 1 saturated heterocycles. The van der Waals surface area contributed by atoms with Gasteiger partial charge in [0, 0.05) is 37.8 Å². The summed E-state index contributed by atoms with van der Waals surface area (Å²) in [4.78, 5) is 39.3. The summed E-state index contributed by atoms with van der Waals surface area (Å²) in [5.74, 6) is -1.29. The van der Waals surface area contributed by atoms with Gasteiger partial charge in [-0.25, -0.2) is 8.42 Å². The van der Waals surface area contributed by atoms with Gasteiger partial charge in [0.15, 0.2) is 6.10 Å². The minimum absolute atomic E-state index is 0.0390. The van der Waals surface area contributed by atoms with E-state index in [1.165, 1.54) is 11.2 Å². The van der Waals surface area contributed by atoms with E-state index in [1.54, 1.807) is 54.3 Å². The number of hydrogen-bond donors (Lipinski definition) is 0. The second-order valence-corrected chi connectivity index (χ2v) is 11.1. The Morgan fingerprint density at radius 1 is 1.00 bits per heavy atom. The molecule has 0 saturated carbocycles. The van der Waals surface area contributed by atoms with Crippen LogP contribution >= 0.6 is 0 Å². The van der Waals surface area contributed by atoms with Gasteiger partial charge in [0.05, 0.1) is 10.8 Å². The van der Waals surface area contributed by atoms with Crippen LogP contribution in [0.25, 0.3) is 0 Å². The van der Waals surface area contributed by atoms with Crippen LogP contribution in [0.5, 0.6) is 0 Å². The van der Waals surface area contributed by atoms with Crippen LogP contribution in [-0.2, 0) is 30.8 Å². The van der Waals surface area contributed by atoms with Crippen molar-refractivity contribution in [3.05, 3.63) is 59.2 Å². The summed E-state index contributed by atoms with van der Waals surface area (Å²) in [6.45, 7) is 5.98. The maximum atomic E-state index is 12.9. The number of anilines is 1. The van der Waals surface area contributed by atoms with Crippen LogP contribution in [0.1, 0.15) is 48.2 Å². The van der Waals surface area contributed by atoms with Gasteiger partial charge < -0.3 is 9.64 Å². The van der Waals surface area contributed by atoms with Crippen LogP contribution < -0.4 is 4.90 Å². The number of carbonyl (C=O) groups is 3. The molecule has 2 aromatic rings. The molecule has 0 aliphatic carbocycles. The molecule has 186 valence electrons. The number of esters is 1. The summed E-state index contributed by atoms with van der Waals surface area (Å²) in [6, 6.07) is 11.9. The third kappa shape index (κ3) is 5.16. The molecule has 2 heterocycles. The first-order valence-electron chi connectivity index (χ1n) is 11.8. The second kappa shape index (κ2) is 9.91. The van der Waals surface area contributed by atoms with Crippen molar-refractivity contribution in [1.29, 1.82) is 0 Å². The molecule has 1 amide bonds. The molecule has 35 heavy (non-hydrogen) atoms. The summed E-state index contributed by atoms with van der Waals surface area (Å²) in [7, 11) is -3.61. The highest BCUT2D eigenvalue weighted by Crippen LogP contribution is 2.30. The van der Waals surface area contributed by atoms with Gasteiger partial charge in [-0.15, -0.1) is 0 Å². The van der Waals surface area contributed by atoms with Crippen molar-refractivity contribution in [2.45, 2.75) is 51.0 Å². The first-order chi connectivity index (χ1) is 16.6. The summed E-state index contributed by atoms with van der Waals surface area (Å²) < 4.78 is 32.6. The number of carbonyl (C=O) groups excluding carboxylic acids is 3. The molecule has 0 bridgehead atoms. The Morgan fingerprint density at radius 2 is 1.66 bits per heavy atom. The number of benzene rings is 2. The zero-order valence-corrected chi connectivity index (χ0v) is 21.0. The van der Waals surface area contributed by atoms with Crippen LogP contribution in [0, 0.1) is 12.8 Å². The topological polar surface area (TPSA) is 101 Å². The summed E-state index contributed by atoms with van der Waals surface area (Å²) >= 11 is 0. The lowest BCUT2D eigenvalue weighted by Crippen LogP contribution is -2.41. The largest absolute Gasteiger partial charge is 0.454 e. The number of ether oxygens (including phenoxy) is 1. The molecule has 0 N–H and O–H groups in total. The van der Waals surface area contributed by atoms with Gasteiger partial charge in [0.25, 0.3) is 0 Å². The van der Waals surface area contributed by atoms with Gasteiger partial charge in [0.1, 0.15) is 0 Å². The smallest absolute Gasteiger partial charge is 0.309 e. The summed E-state index contributed by atoms with van der Waals surface area (Å²) in [5, 5.41) is 0. The molecule has 8 nitrogen and oxygen atoms in total. The normalized spacial score (nSPS) is 17.6. The fraction of sp³-hybridized carbons (Fsp3) is 0.423. The van der Waals surface area contributed by atoms with E-state index in [1.807, 2.05) is 6.92 Å². The lowest BCUT2D eigenvalue weighted by Gasteiger charge is -2.30. The predicted octanol–water partition coefficient (Wildman–Crippen LogP) is 3.12. The van der Waals surface area contributed by atoms with E-state index in [4.69, 9.17) is 4.74 Å². The minimum Gasteiger partial charge on any atom is -0.454 e. The predicted molar refractivity (Wildman–Crippen MR) is 131 cm³/mol. The van der Waals surface area contributed by atoms with E-state index in [0.717, 1.165) is 16.8 Å². The van der Waals surface area contributed by atoms with Crippen LogP contribution in [0.3, 0.4) is 0 Å². The van der Waals surface area contributed by atoms with Crippen molar-refractivity contribution in [3.8, 4) is 0 Å². The monoisotopic (exact) mass is 498 g/mol. The number of fused-ring (bicyclic) bond motifs is 1. The van der Waals surface area contributed by atoms with Gasteiger partial charge >= 0.3 is 5.97 Å². The lowest BCUT2D eigenvalue weighted by atomic mass is 9.98. The van der Waals surface area contributed by atoms with E-state index >= 15 is 0 Å². The summed E-state index contributed by atoms with van der Waals surface area (Å²) in [5.41, 5.74) is 3.15. The first kappa shape index (κ1) is 25.1. The molecule has 1 fully saturated rings. The maximum Gasteiger partial charge on any atom is 0.309 e. The number of nitrogens with zero attached hydrogens (tertiary/aromatic N) is 2. The highest BCUT2D eigenvalue weighted by Gasteiger charge is 2.34. The molecule has 1 atom stereocenters. The van der Waals surface area contributed by atoms with Gasteiger partial charge in [-0.05, 0) is 69.0 Å². The van der Waals surface area contributed by atoms with Gasteiger partial charge in [-0.1, -0.05) is 17.7 Å². The van der Waals surface area contributed by atoms with Crippen LogP contribution in [0.4, 0.5) is 5.69 Å². The molecule has 0 aromatic heterocycles. The van der Waals surface area contributed by atoms with Crippen molar-refractivity contribution in [3.63, 3.8) is 0 Å². The Labute approximate surface area is 205 Å². The van der Waals surface area contributed by atoms with Crippen LogP contribution in [0.2, 0.25) is 0 Å². The number of sulfonamides is 1. The summed E-state index contributed by atoms with van der Waals surface area (Å²) in [6.07, 6.45) is 0.392. The highest BCUT2D eigenvalue weighted by molar-refractivity contribution is 7.89. The van der Waals surface area contributed by atoms with Crippen LogP contribution in [-0.4, -0.2) is 56.1 Å². The third-order valence-electron chi connectivity index (χ3n) is 6.75. The Morgan fingerprint density at radius 3 is 2.29 bits per heavy atom. The van der Waals surface area contributed by atoms with Crippen molar-refractivity contribution in [2.24, 2.45) is 5.92 Å². The fourth-order valence-corrected chi connectivity index (χ4v) is 6.10. The Balaban J connectivity index is 1.34. The van der Waals surface area contributed by atoms with E-state index in [-0.39, 0.29) is 29.7 Å². The lowest BCUT2D eigenvalue weighted by molar-refractivity contribution is -0.152. The Bertz CT molecular complexity index is 1250. The zero-order chi connectivity index (χ0) is 25.3. The standard InChI is InChI=1S/C26H30N2O6S/c1-17-4-7-23(8-5-17)35(32,33)27-13-10-20(11-14-27)26(31)34-18(2)25(30)22-6-9-24-21(16-22)12-15-28(24)19(3)29/h4-9,16,18,20H,10-15H2,1-3H3/t18-/m1/s1. The Hall–Kier alpha value is -3.04. The molecule has 0 spiro atoms.